The zero-order valence-electron chi connectivity index (χ0n) is 11.5. The lowest BCUT2D eigenvalue weighted by atomic mass is 10.1. The highest BCUT2D eigenvalue weighted by Gasteiger charge is 2.06. The van der Waals surface area contributed by atoms with Gasteiger partial charge in [-0.25, -0.2) is 0 Å². The minimum atomic E-state index is -0.189. The van der Waals surface area contributed by atoms with Crippen molar-refractivity contribution in [3.8, 4) is 5.75 Å². The van der Waals surface area contributed by atoms with Crippen LogP contribution in [-0.4, -0.2) is 12.5 Å². The smallest absolute Gasteiger partial charge is 0.262 e. The van der Waals surface area contributed by atoms with Crippen LogP contribution in [0.3, 0.4) is 0 Å². The molecule has 3 nitrogen and oxygen atoms in total. The van der Waals surface area contributed by atoms with E-state index in [1.807, 2.05) is 54.6 Å². The first kappa shape index (κ1) is 15.3. The third-order valence-corrected chi connectivity index (χ3v) is 3.35. The SMILES string of the molecule is C=CCc1ccccc1OCC(=O)Nc1ccc(Br)cc1. The second-order valence-corrected chi connectivity index (χ2v) is 5.36. The van der Waals surface area contributed by atoms with Crippen molar-refractivity contribution in [2.24, 2.45) is 0 Å². The van der Waals surface area contributed by atoms with E-state index in [2.05, 4.69) is 27.8 Å². The van der Waals surface area contributed by atoms with Crippen molar-refractivity contribution < 1.29 is 9.53 Å². The Morgan fingerprint density at radius 3 is 2.62 bits per heavy atom. The van der Waals surface area contributed by atoms with Crippen molar-refractivity contribution in [1.29, 1.82) is 0 Å². The van der Waals surface area contributed by atoms with E-state index in [4.69, 9.17) is 4.74 Å². The van der Waals surface area contributed by atoms with Gasteiger partial charge in [0.25, 0.3) is 5.91 Å². The van der Waals surface area contributed by atoms with E-state index in [9.17, 15) is 4.79 Å². The third kappa shape index (κ3) is 4.76. The largest absolute Gasteiger partial charge is 0.483 e. The molecule has 4 heteroatoms. The van der Waals surface area contributed by atoms with Crippen molar-refractivity contribution in [3.63, 3.8) is 0 Å². The quantitative estimate of drug-likeness (QED) is 0.797. The highest BCUT2D eigenvalue weighted by Crippen LogP contribution is 2.19. The summed E-state index contributed by atoms with van der Waals surface area (Å²) < 4.78 is 6.55. The number of carbonyl (C=O) groups excluding carboxylic acids is 1. The lowest BCUT2D eigenvalue weighted by Crippen LogP contribution is -2.20. The van der Waals surface area contributed by atoms with E-state index in [1.165, 1.54) is 0 Å². The van der Waals surface area contributed by atoms with Crippen molar-refractivity contribution in [2.75, 3.05) is 11.9 Å². The van der Waals surface area contributed by atoms with Crippen molar-refractivity contribution >= 4 is 27.5 Å². The van der Waals surface area contributed by atoms with Crippen molar-refractivity contribution in [3.05, 3.63) is 71.2 Å². The molecule has 1 amide bonds. The predicted molar refractivity (Wildman–Crippen MR) is 88.6 cm³/mol. The van der Waals surface area contributed by atoms with Crippen LogP contribution in [0.4, 0.5) is 5.69 Å². The average molecular weight is 346 g/mol. The van der Waals surface area contributed by atoms with Crippen LogP contribution in [0.25, 0.3) is 0 Å². The molecule has 0 bridgehead atoms. The van der Waals surface area contributed by atoms with Gasteiger partial charge in [0.05, 0.1) is 0 Å². The molecule has 0 saturated heterocycles. The molecule has 2 rings (SSSR count). The van der Waals surface area contributed by atoms with Gasteiger partial charge in [-0.05, 0) is 42.3 Å². The molecule has 2 aromatic rings. The Balaban J connectivity index is 1.92. The summed E-state index contributed by atoms with van der Waals surface area (Å²) in [6.45, 7) is 3.69. The molecule has 108 valence electrons. The van der Waals surface area contributed by atoms with Crippen LogP contribution in [0.1, 0.15) is 5.56 Å². The van der Waals surface area contributed by atoms with Crippen LogP contribution in [0.5, 0.6) is 5.75 Å². The Morgan fingerprint density at radius 2 is 1.90 bits per heavy atom. The summed E-state index contributed by atoms with van der Waals surface area (Å²) >= 11 is 3.35. The number of carbonyl (C=O) groups is 1. The van der Waals surface area contributed by atoms with Crippen LogP contribution in [-0.2, 0) is 11.2 Å². The number of anilines is 1. The fourth-order valence-electron chi connectivity index (χ4n) is 1.84. The maximum atomic E-state index is 11.9. The van der Waals surface area contributed by atoms with Gasteiger partial charge < -0.3 is 10.1 Å². The van der Waals surface area contributed by atoms with Crippen LogP contribution in [0, 0.1) is 0 Å². The number of hydrogen-bond acceptors (Lipinski definition) is 2. The fraction of sp³-hybridized carbons (Fsp3) is 0.118. The molecular formula is C17H16BrNO2. The number of hydrogen-bond donors (Lipinski definition) is 1. The topological polar surface area (TPSA) is 38.3 Å². The van der Waals surface area contributed by atoms with Gasteiger partial charge in [0, 0.05) is 10.2 Å². The molecule has 0 fully saturated rings. The van der Waals surface area contributed by atoms with Crippen molar-refractivity contribution in [2.45, 2.75) is 6.42 Å². The lowest BCUT2D eigenvalue weighted by molar-refractivity contribution is -0.118. The molecule has 0 aromatic heterocycles. The summed E-state index contributed by atoms with van der Waals surface area (Å²) in [5.41, 5.74) is 1.76. The van der Waals surface area contributed by atoms with Crippen molar-refractivity contribution in [1.82, 2.24) is 0 Å². The Morgan fingerprint density at radius 1 is 1.19 bits per heavy atom. The zero-order chi connectivity index (χ0) is 15.1. The summed E-state index contributed by atoms with van der Waals surface area (Å²) in [6, 6.07) is 15.0. The molecule has 0 radical (unpaired) electrons. The number of para-hydroxylation sites is 1. The van der Waals surface area contributed by atoms with Gasteiger partial charge in [-0.15, -0.1) is 6.58 Å². The second kappa shape index (κ2) is 7.64. The maximum absolute atomic E-state index is 11.9. The second-order valence-electron chi connectivity index (χ2n) is 4.44. The van der Waals surface area contributed by atoms with E-state index in [0.717, 1.165) is 15.7 Å². The minimum absolute atomic E-state index is 0.0236. The lowest BCUT2D eigenvalue weighted by Gasteiger charge is -2.10. The Bertz CT molecular complexity index is 623. The molecule has 21 heavy (non-hydrogen) atoms. The molecule has 0 atom stereocenters. The summed E-state index contributed by atoms with van der Waals surface area (Å²) in [7, 11) is 0. The number of ether oxygens (including phenoxy) is 1. The van der Waals surface area contributed by atoms with Gasteiger partial charge in [-0.1, -0.05) is 40.2 Å². The average Bonchev–Trinajstić information content (AvgIpc) is 2.49. The number of allylic oxidation sites excluding steroid dienone is 1. The third-order valence-electron chi connectivity index (χ3n) is 2.82. The first-order valence-corrected chi connectivity index (χ1v) is 7.35. The van der Waals surface area contributed by atoms with Gasteiger partial charge in [0.15, 0.2) is 6.61 Å². The maximum Gasteiger partial charge on any atom is 0.262 e. The Hall–Kier alpha value is -2.07. The Kier molecular flexibility index (Phi) is 5.58. The molecule has 0 aliphatic carbocycles. The standard InChI is InChI=1S/C17H16BrNO2/c1-2-5-13-6-3-4-7-16(13)21-12-17(20)19-15-10-8-14(18)9-11-15/h2-4,6-11H,1,5,12H2,(H,19,20). The molecular weight excluding hydrogens is 330 g/mol. The molecule has 0 aliphatic heterocycles. The van der Waals surface area contributed by atoms with Gasteiger partial charge in [-0.3, -0.25) is 4.79 Å². The Labute approximate surface area is 132 Å². The van der Waals surface area contributed by atoms with Gasteiger partial charge >= 0.3 is 0 Å². The number of nitrogens with one attached hydrogen (secondary N) is 1. The van der Waals surface area contributed by atoms with Gasteiger partial charge in [0.2, 0.25) is 0 Å². The molecule has 1 N–H and O–H groups in total. The number of rotatable bonds is 6. The molecule has 0 aliphatic rings. The van der Waals surface area contributed by atoms with E-state index in [1.54, 1.807) is 0 Å². The van der Waals surface area contributed by atoms with Crippen LogP contribution < -0.4 is 10.1 Å². The van der Waals surface area contributed by atoms with Crippen LogP contribution in [0.2, 0.25) is 0 Å². The summed E-state index contributed by atoms with van der Waals surface area (Å²) in [4.78, 5) is 11.9. The van der Waals surface area contributed by atoms with Gasteiger partial charge in [-0.2, -0.15) is 0 Å². The first-order valence-electron chi connectivity index (χ1n) is 6.56. The highest BCUT2D eigenvalue weighted by atomic mass is 79.9. The number of benzene rings is 2. The zero-order valence-corrected chi connectivity index (χ0v) is 13.1. The van der Waals surface area contributed by atoms with Crippen LogP contribution >= 0.6 is 15.9 Å². The van der Waals surface area contributed by atoms with E-state index in [-0.39, 0.29) is 12.5 Å². The van der Waals surface area contributed by atoms with Gasteiger partial charge in [0.1, 0.15) is 5.75 Å². The minimum Gasteiger partial charge on any atom is -0.483 e. The number of amides is 1. The highest BCUT2D eigenvalue weighted by molar-refractivity contribution is 9.10. The van der Waals surface area contributed by atoms with E-state index in [0.29, 0.717) is 12.2 Å². The molecule has 2 aromatic carbocycles. The monoisotopic (exact) mass is 345 g/mol. The molecule has 0 saturated carbocycles. The van der Waals surface area contributed by atoms with E-state index < -0.39 is 0 Å². The molecule has 0 heterocycles. The summed E-state index contributed by atoms with van der Waals surface area (Å²) in [5, 5.41) is 2.79. The summed E-state index contributed by atoms with van der Waals surface area (Å²) in [5.74, 6) is 0.522. The predicted octanol–water partition coefficient (Wildman–Crippen LogP) is 4.20. The molecule has 0 unspecified atom stereocenters. The number of halogens is 1. The fourth-order valence-corrected chi connectivity index (χ4v) is 2.11. The van der Waals surface area contributed by atoms with Crippen LogP contribution in [0.15, 0.2) is 65.7 Å². The first-order chi connectivity index (χ1) is 10.2. The molecule has 0 spiro atoms. The normalized spacial score (nSPS) is 9.95. The summed E-state index contributed by atoms with van der Waals surface area (Å²) in [6.07, 6.45) is 2.52. The van der Waals surface area contributed by atoms with E-state index >= 15 is 0 Å².